The Bertz CT molecular complexity index is 844. The highest BCUT2D eigenvalue weighted by Crippen LogP contribution is 2.19. The molecule has 0 fully saturated rings. The maximum Gasteiger partial charge on any atom is 0.232 e. The monoisotopic (exact) mass is 394 g/mol. The first-order valence-electron chi connectivity index (χ1n) is 8.54. The number of nitrogens with zero attached hydrogens (tertiary/aromatic N) is 1. The zero-order chi connectivity index (χ0) is 19.7. The van der Waals surface area contributed by atoms with E-state index in [2.05, 4.69) is 5.32 Å². The Kier molecular flexibility index (Phi) is 7.60. The molecule has 0 aliphatic rings. The highest BCUT2D eigenvalue weighted by atomic mass is 32.2. The summed E-state index contributed by atoms with van der Waals surface area (Å²) in [5.41, 5.74) is 0.245. The summed E-state index contributed by atoms with van der Waals surface area (Å²) in [6.45, 7) is 0.790. The molecule has 0 heterocycles. The smallest absolute Gasteiger partial charge is 0.232 e. The lowest BCUT2D eigenvalue weighted by Crippen LogP contribution is -2.33. The second-order valence-electron chi connectivity index (χ2n) is 5.93. The molecular weight excluding hydrogens is 371 g/mol. The molecule has 6 nitrogen and oxygen atoms in total. The van der Waals surface area contributed by atoms with Crippen LogP contribution in [0.15, 0.2) is 54.6 Å². The van der Waals surface area contributed by atoms with Gasteiger partial charge < -0.3 is 10.1 Å². The maximum absolute atomic E-state index is 13.4. The van der Waals surface area contributed by atoms with Gasteiger partial charge in [0.1, 0.15) is 18.2 Å². The van der Waals surface area contributed by atoms with Crippen molar-refractivity contribution in [3.63, 3.8) is 0 Å². The van der Waals surface area contributed by atoms with Crippen molar-refractivity contribution in [2.24, 2.45) is 0 Å². The molecule has 0 saturated heterocycles. The van der Waals surface area contributed by atoms with Crippen LogP contribution in [0, 0.1) is 5.82 Å². The first kappa shape index (κ1) is 20.7. The minimum absolute atomic E-state index is 0.0935. The van der Waals surface area contributed by atoms with Gasteiger partial charge in [-0.15, -0.1) is 0 Å². The van der Waals surface area contributed by atoms with E-state index in [1.165, 1.54) is 18.2 Å². The molecule has 0 saturated carbocycles. The predicted molar refractivity (Wildman–Crippen MR) is 103 cm³/mol. The second kappa shape index (κ2) is 9.91. The van der Waals surface area contributed by atoms with Crippen LogP contribution in [0.3, 0.4) is 0 Å². The number of nitrogens with one attached hydrogen (secondary N) is 1. The molecule has 8 heteroatoms. The van der Waals surface area contributed by atoms with Crippen molar-refractivity contribution in [2.45, 2.75) is 12.8 Å². The Labute approximate surface area is 159 Å². The number of benzene rings is 2. The van der Waals surface area contributed by atoms with Crippen molar-refractivity contribution in [1.82, 2.24) is 5.32 Å². The Morgan fingerprint density at radius 3 is 2.56 bits per heavy atom. The first-order valence-corrected chi connectivity index (χ1v) is 10.4. The number of hydrogen-bond donors (Lipinski definition) is 1. The topological polar surface area (TPSA) is 75.7 Å². The normalized spacial score (nSPS) is 11.0. The van der Waals surface area contributed by atoms with E-state index in [4.69, 9.17) is 4.74 Å². The third kappa shape index (κ3) is 7.26. The average molecular weight is 394 g/mol. The van der Waals surface area contributed by atoms with E-state index in [0.29, 0.717) is 19.6 Å². The number of carbonyl (C=O) groups is 1. The van der Waals surface area contributed by atoms with Crippen LogP contribution in [0.1, 0.15) is 12.8 Å². The predicted octanol–water partition coefficient (Wildman–Crippen LogP) is 2.57. The van der Waals surface area contributed by atoms with Crippen LogP contribution in [0.25, 0.3) is 0 Å². The van der Waals surface area contributed by atoms with Gasteiger partial charge in [-0.2, -0.15) is 0 Å². The minimum Gasteiger partial charge on any atom is -0.492 e. The molecule has 0 aliphatic carbocycles. The zero-order valence-electron chi connectivity index (χ0n) is 15.1. The highest BCUT2D eigenvalue weighted by Gasteiger charge is 2.18. The molecule has 2 rings (SSSR count). The van der Waals surface area contributed by atoms with Gasteiger partial charge in [0.25, 0.3) is 0 Å². The second-order valence-corrected chi connectivity index (χ2v) is 7.84. The minimum atomic E-state index is -3.57. The van der Waals surface area contributed by atoms with Crippen molar-refractivity contribution < 1.29 is 22.3 Å². The first-order chi connectivity index (χ1) is 12.9. The molecule has 1 N–H and O–H groups in total. The lowest BCUT2D eigenvalue weighted by Gasteiger charge is -2.22. The fraction of sp³-hybridized carbons (Fsp3) is 0.316. The molecule has 2 aromatic carbocycles. The van der Waals surface area contributed by atoms with Crippen molar-refractivity contribution in [1.29, 1.82) is 0 Å². The number of amides is 1. The van der Waals surface area contributed by atoms with Crippen molar-refractivity contribution in [3.05, 3.63) is 60.4 Å². The van der Waals surface area contributed by atoms with Crippen LogP contribution in [0.2, 0.25) is 0 Å². The molecule has 1 amide bonds. The van der Waals surface area contributed by atoms with Gasteiger partial charge in [0, 0.05) is 13.0 Å². The number of sulfonamides is 1. The summed E-state index contributed by atoms with van der Waals surface area (Å²) in [6.07, 6.45) is 1.53. The number of rotatable bonds is 10. The molecule has 27 heavy (non-hydrogen) atoms. The molecule has 0 spiro atoms. The van der Waals surface area contributed by atoms with Gasteiger partial charge in [-0.25, -0.2) is 12.8 Å². The number of hydrogen-bond acceptors (Lipinski definition) is 4. The van der Waals surface area contributed by atoms with Gasteiger partial charge in [-0.3, -0.25) is 9.10 Å². The van der Waals surface area contributed by atoms with Crippen LogP contribution in [-0.2, 0) is 14.8 Å². The van der Waals surface area contributed by atoms with Crippen LogP contribution in [-0.4, -0.2) is 40.3 Å². The summed E-state index contributed by atoms with van der Waals surface area (Å²) in [5, 5.41) is 2.72. The maximum atomic E-state index is 13.4. The molecule has 0 bridgehead atoms. The summed E-state index contributed by atoms with van der Waals surface area (Å²) in [4.78, 5) is 11.9. The summed E-state index contributed by atoms with van der Waals surface area (Å²) in [5.74, 6) is 0.0160. The lowest BCUT2D eigenvalue weighted by atomic mass is 10.2. The summed E-state index contributed by atoms with van der Waals surface area (Å²) in [7, 11) is -3.57. The average Bonchev–Trinajstić information content (AvgIpc) is 2.62. The Hall–Kier alpha value is -2.61. The van der Waals surface area contributed by atoms with Gasteiger partial charge in [0.05, 0.1) is 18.5 Å². The molecule has 2 aromatic rings. The third-order valence-electron chi connectivity index (χ3n) is 3.70. The van der Waals surface area contributed by atoms with E-state index in [0.717, 1.165) is 22.4 Å². The van der Waals surface area contributed by atoms with Crippen molar-refractivity contribution >= 4 is 21.6 Å². The van der Waals surface area contributed by atoms with Crippen LogP contribution in [0.5, 0.6) is 5.75 Å². The van der Waals surface area contributed by atoms with E-state index in [1.54, 1.807) is 0 Å². The van der Waals surface area contributed by atoms with E-state index >= 15 is 0 Å². The van der Waals surface area contributed by atoms with Crippen LogP contribution >= 0.6 is 0 Å². The molecule has 0 atom stereocenters. The largest absolute Gasteiger partial charge is 0.492 e. The number of carbonyl (C=O) groups excluding carboxylic acids is 1. The number of anilines is 1. The zero-order valence-corrected chi connectivity index (χ0v) is 15.9. The van der Waals surface area contributed by atoms with E-state index in [9.17, 15) is 17.6 Å². The molecular formula is C19H23FN2O4S. The van der Waals surface area contributed by atoms with Gasteiger partial charge in [0.2, 0.25) is 15.9 Å². The SMILES string of the molecule is CS(=O)(=O)N(CCCC(=O)NCCOc1ccccc1)c1cccc(F)c1. The van der Waals surface area contributed by atoms with E-state index in [1.807, 2.05) is 30.3 Å². The number of ether oxygens (including phenoxy) is 1. The third-order valence-corrected chi connectivity index (χ3v) is 4.89. The number of halogens is 1. The van der Waals surface area contributed by atoms with Crippen molar-refractivity contribution in [2.75, 3.05) is 30.3 Å². The molecule has 0 aromatic heterocycles. The molecule has 146 valence electrons. The fourth-order valence-electron chi connectivity index (χ4n) is 2.47. The van der Waals surface area contributed by atoms with Crippen LogP contribution in [0.4, 0.5) is 10.1 Å². The van der Waals surface area contributed by atoms with E-state index in [-0.39, 0.29) is 24.6 Å². The Balaban J connectivity index is 1.75. The summed E-state index contributed by atoms with van der Waals surface area (Å²) >= 11 is 0. The highest BCUT2D eigenvalue weighted by molar-refractivity contribution is 7.92. The van der Waals surface area contributed by atoms with Gasteiger partial charge in [-0.05, 0) is 36.8 Å². The molecule has 0 aliphatic heterocycles. The van der Waals surface area contributed by atoms with E-state index < -0.39 is 15.8 Å². The fourth-order valence-corrected chi connectivity index (χ4v) is 3.42. The van der Waals surface area contributed by atoms with Gasteiger partial charge >= 0.3 is 0 Å². The molecule has 0 unspecified atom stereocenters. The lowest BCUT2D eigenvalue weighted by molar-refractivity contribution is -0.121. The Morgan fingerprint density at radius 2 is 1.89 bits per heavy atom. The quantitative estimate of drug-likeness (QED) is 0.629. The van der Waals surface area contributed by atoms with Gasteiger partial charge in [0.15, 0.2) is 0 Å². The molecule has 0 radical (unpaired) electrons. The Morgan fingerprint density at radius 1 is 1.15 bits per heavy atom. The standard InChI is InChI=1S/C19H23FN2O4S/c1-27(24,25)22(17-8-5-7-16(20)15-17)13-6-11-19(23)21-12-14-26-18-9-3-2-4-10-18/h2-5,7-10,15H,6,11-14H2,1H3,(H,21,23). The summed E-state index contributed by atoms with van der Waals surface area (Å²) in [6, 6.07) is 14.6. The summed E-state index contributed by atoms with van der Waals surface area (Å²) < 4.78 is 43.8. The van der Waals surface area contributed by atoms with Crippen LogP contribution < -0.4 is 14.4 Å². The number of para-hydroxylation sites is 1. The van der Waals surface area contributed by atoms with Crippen molar-refractivity contribution in [3.8, 4) is 5.75 Å². The van der Waals surface area contributed by atoms with Gasteiger partial charge in [-0.1, -0.05) is 24.3 Å².